The Morgan fingerprint density at radius 1 is 1.19 bits per heavy atom. The van der Waals surface area contributed by atoms with Gasteiger partial charge in [0.15, 0.2) is 17.6 Å². The standard InChI is InChI=1S/C19H17FN6/c1-11-8-21-12(2)18-23-17(24-26(11)18)7-15(20)16-10-25-9-13-5-3-4-6-14(13)19(25)22-16/h3-6,8,10,15H,7,9H2,1-2H3/t15-/m1/s1. The van der Waals surface area contributed by atoms with Gasteiger partial charge in [-0.2, -0.15) is 5.10 Å². The van der Waals surface area contributed by atoms with Crippen molar-refractivity contribution in [2.24, 2.45) is 0 Å². The number of aromatic nitrogens is 6. The maximum absolute atomic E-state index is 14.9. The Labute approximate surface area is 149 Å². The fourth-order valence-corrected chi connectivity index (χ4v) is 3.47. The summed E-state index contributed by atoms with van der Waals surface area (Å²) in [7, 11) is 0. The molecule has 0 N–H and O–H groups in total. The Bertz CT molecular complexity index is 1100. The average Bonchev–Trinajstić information content (AvgIpc) is 3.30. The number of benzene rings is 1. The first-order valence-corrected chi connectivity index (χ1v) is 8.57. The summed E-state index contributed by atoms with van der Waals surface area (Å²) in [5, 5.41) is 4.43. The van der Waals surface area contributed by atoms with Gasteiger partial charge in [0.05, 0.1) is 17.1 Å². The molecule has 1 aliphatic rings. The molecule has 130 valence electrons. The zero-order valence-electron chi connectivity index (χ0n) is 14.5. The lowest BCUT2D eigenvalue weighted by molar-refractivity contribution is 0.330. The number of alkyl halides is 1. The van der Waals surface area contributed by atoms with Gasteiger partial charge in [0, 0.05) is 30.9 Å². The maximum atomic E-state index is 14.9. The molecule has 0 radical (unpaired) electrons. The van der Waals surface area contributed by atoms with E-state index < -0.39 is 6.17 Å². The van der Waals surface area contributed by atoms with Crippen molar-refractivity contribution in [2.75, 3.05) is 0 Å². The molecule has 4 heterocycles. The van der Waals surface area contributed by atoms with Crippen LogP contribution in [0, 0.1) is 13.8 Å². The zero-order chi connectivity index (χ0) is 17.8. The van der Waals surface area contributed by atoms with Crippen molar-refractivity contribution in [3.8, 4) is 11.4 Å². The molecule has 0 saturated heterocycles. The van der Waals surface area contributed by atoms with E-state index in [0.29, 0.717) is 17.2 Å². The third-order valence-electron chi connectivity index (χ3n) is 4.83. The van der Waals surface area contributed by atoms with Crippen LogP contribution in [0.4, 0.5) is 4.39 Å². The minimum atomic E-state index is -1.24. The van der Waals surface area contributed by atoms with Gasteiger partial charge in [0.25, 0.3) is 0 Å². The van der Waals surface area contributed by atoms with E-state index in [-0.39, 0.29) is 6.42 Å². The lowest BCUT2D eigenvalue weighted by atomic mass is 10.1. The van der Waals surface area contributed by atoms with E-state index in [2.05, 4.69) is 26.1 Å². The molecule has 7 heteroatoms. The predicted octanol–water partition coefficient (Wildman–Crippen LogP) is 3.22. The lowest BCUT2D eigenvalue weighted by Gasteiger charge is -2.02. The van der Waals surface area contributed by atoms with Gasteiger partial charge in [0.1, 0.15) is 5.82 Å². The van der Waals surface area contributed by atoms with Gasteiger partial charge in [-0.15, -0.1) is 0 Å². The third-order valence-corrected chi connectivity index (χ3v) is 4.83. The van der Waals surface area contributed by atoms with Gasteiger partial charge in [-0.05, 0) is 19.4 Å². The van der Waals surface area contributed by atoms with Crippen LogP contribution in [0.25, 0.3) is 17.0 Å². The summed E-state index contributed by atoms with van der Waals surface area (Å²) in [5.41, 5.74) is 5.06. The van der Waals surface area contributed by atoms with Crippen LogP contribution in [0.5, 0.6) is 0 Å². The molecule has 0 bridgehead atoms. The number of halogens is 1. The second-order valence-electron chi connectivity index (χ2n) is 6.69. The molecule has 0 spiro atoms. The summed E-state index contributed by atoms with van der Waals surface area (Å²) in [6.45, 7) is 4.52. The summed E-state index contributed by atoms with van der Waals surface area (Å²) in [4.78, 5) is 13.3. The van der Waals surface area contributed by atoms with Crippen LogP contribution < -0.4 is 0 Å². The molecule has 26 heavy (non-hydrogen) atoms. The molecule has 1 aromatic carbocycles. The highest BCUT2D eigenvalue weighted by Gasteiger charge is 2.25. The van der Waals surface area contributed by atoms with Gasteiger partial charge in [-0.25, -0.2) is 18.9 Å². The van der Waals surface area contributed by atoms with Gasteiger partial charge < -0.3 is 4.57 Å². The topological polar surface area (TPSA) is 60.9 Å². The van der Waals surface area contributed by atoms with Crippen LogP contribution in [0.1, 0.15) is 34.6 Å². The fourth-order valence-electron chi connectivity index (χ4n) is 3.47. The van der Waals surface area contributed by atoms with E-state index >= 15 is 0 Å². The molecule has 0 unspecified atom stereocenters. The van der Waals surface area contributed by atoms with Crippen molar-refractivity contribution in [1.82, 2.24) is 29.1 Å². The van der Waals surface area contributed by atoms with E-state index in [4.69, 9.17) is 0 Å². The Balaban J connectivity index is 1.45. The van der Waals surface area contributed by atoms with Crippen molar-refractivity contribution in [3.05, 3.63) is 65.1 Å². The van der Waals surface area contributed by atoms with Gasteiger partial charge in [-0.3, -0.25) is 4.98 Å². The Morgan fingerprint density at radius 3 is 2.88 bits per heavy atom. The minimum absolute atomic E-state index is 0.0959. The number of imidazole rings is 1. The van der Waals surface area contributed by atoms with Crippen molar-refractivity contribution >= 4 is 5.65 Å². The number of hydrogen-bond donors (Lipinski definition) is 0. The first kappa shape index (κ1) is 15.2. The summed E-state index contributed by atoms with van der Waals surface area (Å²) >= 11 is 0. The molecule has 4 aromatic rings. The van der Waals surface area contributed by atoms with Crippen LogP contribution in [-0.4, -0.2) is 29.1 Å². The van der Waals surface area contributed by atoms with E-state index in [9.17, 15) is 4.39 Å². The number of hydrogen-bond acceptors (Lipinski definition) is 4. The first-order chi connectivity index (χ1) is 12.6. The number of fused-ring (bicyclic) bond motifs is 4. The SMILES string of the molecule is Cc1ncc(C)n2nc(C[C@@H](F)c3cn4c(n3)-c3ccccc3C4)nc12. The van der Waals surface area contributed by atoms with Gasteiger partial charge in [-0.1, -0.05) is 24.3 Å². The molecule has 1 aliphatic heterocycles. The maximum Gasteiger partial charge on any atom is 0.177 e. The van der Waals surface area contributed by atoms with Crippen LogP contribution in [0.15, 0.2) is 36.7 Å². The summed E-state index contributed by atoms with van der Waals surface area (Å²) in [6.07, 6.45) is 2.39. The van der Waals surface area contributed by atoms with Crippen molar-refractivity contribution < 1.29 is 4.39 Å². The van der Waals surface area contributed by atoms with E-state index in [1.54, 1.807) is 16.9 Å². The smallest absolute Gasteiger partial charge is 0.177 e. The third kappa shape index (κ3) is 2.23. The average molecular weight is 348 g/mol. The van der Waals surface area contributed by atoms with Gasteiger partial charge in [0.2, 0.25) is 0 Å². The van der Waals surface area contributed by atoms with E-state index in [1.807, 2.05) is 36.6 Å². The molecular formula is C19H17FN6. The monoisotopic (exact) mass is 348 g/mol. The predicted molar refractivity (Wildman–Crippen MR) is 94.6 cm³/mol. The highest BCUT2D eigenvalue weighted by atomic mass is 19.1. The molecule has 6 nitrogen and oxygen atoms in total. The highest BCUT2D eigenvalue weighted by molar-refractivity contribution is 5.65. The Hall–Kier alpha value is -3.09. The number of rotatable bonds is 3. The normalized spacial score (nSPS) is 13.8. The second-order valence-corrected chi connectivity index (χ2v) is 6.69. The molecule has 1 atom stereocenters. The Morgan fingerprint density at radius 2 is 2.04 bits per heavy atom. The second kappa shape index (κ2) is 5.45. The fraction of sp³-hybridized carbons (Fsp3) is 0.263. The molecular weight excluding hydrogens is 331 g/mol. The number of nitrogens with zero attached hydrogens (tertiary/aromatic N) is 6. The zero-order valence-corrected chi connectivity index (χ0v) is 14.5. The molecule has 0 amide bonds. The largest absolute Gasteiger partial charge is 0.326 e. The highest BCUT2D eigenvalue weighted by Crippen LogP contribution is 2.33. The van der Waals surface area contributed by atoms with Crippen molar-refractivity contribution in [2.45, 2.75) is 33.0 Å². The summed E-state index contributed by atoms with van der Waals surface area (Å²) in [5.74, 6) is 1.29. The molecule has 0 aliphatic carbocycles. The van der Waals surface area contributed by atoms with Crippen LogP contribution in [0.3, 0.4) is 0 Å². The Kier molecular flexibility index (Phi) is 3.19. The van der Waals surface area contributed by atoms with E-state index in [1.165, 1.54) is 5.56 Å². The van der Waals surface area contributed by atoms with Crippen molar-refractivity contribution in [3.63, 3.8) is 0 Å². The van der Waals surface area contributed by atoms with Crippen LogP contribution in [0.2, 0.25) is 0 Å². The summed E-state index contributed by atoms with van der Waals surface area (Å²) < 4.78 is 18.6. The quantitative estimate of drug-likeness (QED) is 0.502. The van der Waals surface area contributed by atoms with Gasteiger partial charge >= 0.3 is 0 Å². The molecule has 0 fully saturated rings. The first-order valence-electron chi connectivity index (χ1n) is 8.57. The van der Waals surface area contributed by atoms with Crippen LogP contribution >= 0.6 is 0 Å². The van der Waals surface area contributed by atoms with Crippen LogP contribution in [-0.2, 0) is 13.0 Å². The molecule has 3 aromatic heterocycles. The molecule has 0 saturated carbocycles. The number of aryl methyl sites for hydroxylation is 2. The molecule has 5 rings (SSSR count). The lowest BCUT2D eigenvalue weighted by Crippen LogP contribution is -2.01. The minimum Gasteiger partial charge on any atom is -0.326 e. The summed E-state index contributed by atoms with van der Waals surface area (Å²) in [6, 6.07) is 8.10. The van der Waals surface area contributed by atoms with Crippen molar-refractivity contribution in [1.29, 1.82) is 0 Å². The van der Waals surface area contributed by atoms with E-state index in [0.717, 1.165) is 29.3 Å².